The molecule has 0 aromatic heterocycles. The van der Waals surface area contributed by atoms with Crippen molar-refractivity contribution >= 4 is 11.9 Å². The molecule has 96 valence electrons. The van der Waals surface area contributed by atoms with E-state index in [4.69, 9.17) is 5.84 Å². The molecule has 1 atom stereocenters. The molecule has 3 rings (SSSR count). The van der Waals surface area contributed by atoms with E-state index >= 15 is 0 Å². The van der Waals surface area contributed by atoms with Crippen LogP contribution < -0.4 is 10.9 Å². The van der Waals surface area contributed by atoms with E-state index in [2.05, 4.69) is 4.99 Å². The summed E-state index contributed by atoms with van der Waals surface area (Å²) in [6.07, 6.45) is 1.07. The van der Waals surface area contributed by atoms with Gasteiger partial charge in [-0.05, 0) is 29.8 Å². The summed E-state index contributed by atoms with van der Waals surface area (Å²) in [5.41, 5.74) is 1.81. The van der Waals surface area contributed by atoms with Gasteiger partial charge in [0.15, 0.2) is 6.17 Å². The number of nitrogens with zero attached hydrogens (tertiary/aromatic N) is 2. The SMILES string of the molecule is NN1c2cccc(F)c2C=NC1c1ccc(O)cc1. The van der Waals surface area contributed by atoms with Crippen LogP contribution in [0.1, 0.15) is 17.3 Å². The van der Waals surface area contributed by atoms with Gasteiger partial charge in [-0.1, -0.05) is 18.2 Å². The van der Waals surface area contributed by atoms with Crippen molar-refractivity contribution in [3.63, 3.8) is 0 Å². The molecule has 0 saturated heterocycles. The molecule has 0 amide bonds. The Balaban J connectivity index is 2.02. The van der Waals surface area contributed by atoms with Gasteiger partial charge >= 0.3 is 0 Å². The number of benzene rings is 2. The maximum absolute atomic E-state index is 13.6. The lowest BCUT2D eigenvalue weighted by molar-refractivity contribution is 0.474. The Labute approximate surface area is 109 Å². The van der Waals surface area contributed by atoms with Crippen molar-refractivity contribution in [1.82, 2.24) is 0 Å². The summed E-state index contributed by atoms with van der Waals surface area (Å²) in [6.45, 7) is 0. The fraction of sp³-hybridized carbons (Fsp3) is 0.0714. The maximum atomic E-state index is 13.6. The summed E-state index contributed by atoms with van der Waals surface area (Å²) in [5.74, 6) is 5.85. The van der Waals surface area contributed by atoms with Crippen LogP contribution in [0.15, 0.2) is 47.5 Å². The second-order valence-corrected chi connectivity index (χ2v) is 4.32. The number of halogens is 1. The van der Waals surface area contributed by atoms with Crippen LogP contribution in [0.3, 0.4) is 0 Å². The monoisotopic (exact) mass is 257 g/mol. The minimum Gasteiger partial charge on any atom is -0.508 e. The quantitative estimate of drug-likeness (QED) is 0.771. The molecular weight excluding hydrogens is 245 g/mol. The number of rotatable bonds is 1. The van der Waals surface area contributed by atoms with Gasteiger partial charge in [-0.3, -0.25) is 10.0 Å². The van der Waals surface area contributed by atoms with E-state index in [9.17, 15) is 9.50 Å². The number of hydrogen-bond acceptors (Lipinski definition) is 4. The maximum Gasteiger partial charge on any atom is 0.160 e. The molecule has 1 aliphatic heterocycles. The van der Waals surface area contributed by atoms with Crippen LogP contribution in [0.2, 0.25) is 0 Å². The van der Waals surface area contributed by atoms with Crippen LogP contribution in [0.4, 0.5) is 10.1 Å². The largest absolute Gasteiger partial charge is 0.508 e. The van der Waals surface area contributed by atoms with Gasteiger partial charge in [-0.15, -0.1) is 0 Å². The molecule has 2 aromatic rings. The third-order valence-electron chi connectivity index (χ3n) is 3.11. The molecule has 1 aliphatic rings. The van der Waals surface area contributed by atoms with E-state index in [1.807, 2.05) is 0 Å². The van der Waals surface area contributed by atoms with Crippen molar-refractivity contribution < 1.29 is 9.50 Å². The lowest BCUT2D eigenvalue weighted by Crippen LogP contribution is -2.37. The zero-order valence-electron chi connectivity index (χ0n) is 9.99. The van der Waals surface area contributed by atoms with E-state index in [1.54, 1.807) is 36.4 Å². The van der Waals surface area contributed by atoms with Gasteiger partial charge in [-0.2, -0.15) is 0 Å². The molecule has 1 unspecified atom stereocenters. The summed E-state index contributed by atoms with van der Waals surface area (Å²) in [4.78, 5) is 4.27. The predicted molar refractivity (Wildman–Crippen MR) is 71.5 cm³/mol. The second-order valence-electron chi connectivity index (χ2n) is 4.32. The normalized spacial score (nSPS) is 17.4. The van der Waals surface area contributed by atoms with Crippen molar-refractivity contribution in [2.24, 2.45) is 10.8 Å². The zero-order chi connectivity index (χ0) is 13.4. The number of aromatic hydroxyl groups is 1. The van der Waals surface area contributed by atoms with Crippen molar-refractivity contribution in [3.8, 4) is 5.75 Å². The highest BCUT2D eigenvalue weighted by molar-refractivity contribution is 5.90. The molecule has 0 fully saturated rings. The molecule has 3 N–H and O–H groups in total. The lowest BCUT2D eigenvalue weighted by Gasteiger charge is -2.31. The summed E-state index contributed by atoms with van der Waals surface area (Å²) in [6, 6.07) is 11.3. The van der Waals surface area contributed by atoms with Crippen LogP contribution in [-0.2, 0) is 0 Å². The van der Waals surface area contributed by atoms with E-state index in [1.165, 1.54) is 17.3 Å². The third-order valence-corrected chi connectivity index (χ3v) is 3.11. The smallest absolute Gasteiger partial charge is 0.160 e. The van der Waals surface area contributed by atoms with Gasteiger partial charge in [0.2, 0.25) is 0 Å². The van der Waals surface area contributed by atoms with Crippen LogP contribution in [0, 0.1) is 5.82 Å². The molecule has 0 spiro atoms. The first kappa shape index (κ1) is 11.7. The van der Waals surface area contributed by atoms with Crippen molar-refractivity contribution in [2.75, 3.05) is 5.01 Å². The van der Waals surface area contributed by atoms with E-state index in [-0.39, 0.29) is 11.6 Å². The highest BCUT2D eigenvalue weighted by Gasteiger charge is 2.24. The van der Waals surface area contributed by atoms with Gasteiger partial charge in [0.25, 0.3) is 0 Å². The Morgan fingerprint density at radius 3 is 2.63 bits per heavy atom. The van der Waals surface area contributed by atoms with Gasteiger partial charge < -0.3 is 5.11 Å². The molecule has 5 heteroatoms. The summed E-state index contributed by atoms with van der Waals surface area (Å²) in [7, 11) is 0. The zero-order valence-corrected chi connectivity index (χ0v) is 9.99. The Hall–Kier alpha value is -2.40. The molecule has 0 aliphatic carbocycles. The van der Waals surface area contributed by atoms with Crippen molar-refractivity contribution in [3.05, 3.63) is 59.4 Å². The van der Waals surface area contributed by atoms with Crippen molar-refractivity contribution in [1.29, 1.82) is 0 Å². The number of anilines is 1. The Kier molecular flexibility index (Phi) is 2.68. The Morgan fingerprint density at radius 2 is 1.89 bits per heavy atom. The highest BCUT2D eigenvalue weighted by Crippen LogP contribution is 2.32. The standard InChI is InChI=1S/C14H12FN3O/c15-12-2-1-3-13-11(12)8-17-14(18(13)16)9-4-6-10(19)7-5-9/h1-8,14,19H,16H2. The first-order valence-corrected chi connectivity index (χ1v) is 5.81. The number of hydrogen-bond donors (Lipinski definition) is 2. The summed E-state index contributed by atoms with van der Waals surface area (Å²) >= 11 is 0. The third kappa shape index (κ3) is 1.94. The molecule has 1 heterocycles. The topological polar surface area (TPSA) is 61.8 Å². The molecule has 19 heavy (non-hydrogen) atoms. The van der Waals surface area contributed by atoms with Crippen LogP contribution in [0.25, 0.3) is 0 Å². The summed E-state index contributed by atoms with van der Waals surface area (Å²) < 4.78 is 13.6. The van der Waals surface area contributed by atoms with Crippen LogP contribution in [0.5, 0.6) is 5.75 Å². The van der Waals surface area contributed by atoms with Gasteiger partial charge in [0.05, 0.1) is 11.3 Å². The average molecular weight is 257 g/mol. The predicted octanol–water partition coefficient (Wildman–Crippen LogP) is 2.34. The van der Waals surface area contributed by atoms with E-state index < -0.39 is 6.17 Å². The first-order valence-electron chi connectivity index (χ1n) is 5.81. The number of phenolic OH excluding ortho intramolecular Hbond substituents is 1. The number of fused-ring (bicyclic) bond motifs is 1. The minimum atomic E-state index is -0.421. The van der Waals surface area contributed by atoms with Gasteiger partial charge in [-0.25, -0.2) is 10.2 Å². The minimum absolute atomic E-state index is 0.179. The fourth-order valence-electron chi connectivity index (χ4n) is 2.12. The molecular formula is C14H12FN3O. The number of nitrogens with two attached hydrogens (primary N) is 1. The molecule has 0 bridgehead atoms. The molecule has 4 nitrogen and oxygen atoms in total. The second kappa shape index (κ2) is 4.37. The fourth-order valence-corrected chi connectivity index (χ4v) is 2.12. The summed E-state index contributed by atoms with van der Waals surface area (Å²) in [5, 5.41) is 10.7. The van der Waals surface area contributed by atoms with E-state index in [0.717, 1.165) is 5.56 Å². The molecule has 0 saturated carbocycles. The lowest BCUT2D eigenvalue weighted by atomic mass is 10.1. The highest BCUT2D eigenvalue weighted by atomic mass is 19.1. The van der Waals surface area contributed by atoms with E-state index in [0.29, 0.717) is 11.3 Å². The average Bonchev–Trinajstić information content (AvgIpc) is 2.42. The Morgan fingerprint density at radius 1 is 1.16 bits per heavy atom. The van der Waals surface area contributed by atoms with Gasteiger partial charge in [0, 0.05) is 6.21 Å². The number of hydrazine groups is 1. The first-order chi connectivity index (χ1) is 9.16. The van der Waals surface area contributed by atoms with Crippen molar-refractivity contribution in [2.45, 2.75) is 6.17 Å². The van der Waals surface area contributed by atoms with Crippen LogP contribution in [-0.4, -0.2) is 11.3 Å². The van der Waals surface area contributed by atoms with Gasteiger partial charge in [0.1, 0.15) is 11.6 Å². The number of aliphatic imine (C=N–C) groups is 1. The molecule has 2 aromatic carbocycles. The molecule has 0 radical (unpaired) electrons. The number of phenols is 1. The Bertz CT molecular complexity index is 640. The van der Waals surface area contributed by atoms with Crippen LogP contribution >= 0.6 is 0 Å².